The van der Waals surface area contributed by atoms with Gasteiger partial charge in [0.25, 0.3) is 0 Å². The van der Waals surface area contributed by atoms with Crippen molar-refractivity contribution in [3.63, 3.8) is 0 Å². The Bertz CT molecular complexity index is 10.8. The predicted octanol–water partition coefficient (Wildman–Crippen LogP) is -0.483. The molecule has 0 saturated heterocycles. The third-order valence-electron chi connectivity index (χ3n) is 0.1000. The van der Waals surface area contributed by atoms with Crippen molar-refractivity contribution in [1.82, 2.24) is 0 Å². The van der Waals surface area contributed by atoms with Gasteiger partial charge in [0.1, 0.15) is 0 Å². The van der Waals surface area contributed by atoms with Gasteiger partial charge in [-0.3, -0.25) is 0 Å². The first-order valence-electron chi connectivity index (χ1n) is 1.58. The van der Waals surface area contributed by atoms with Crippen LogP contribution >= 0.6 is 12.6 Å². The van der Waals surface area contributed by atoms with Crippen LogP contribution in [0.15, 0.2) is 0 Å². The molecule has 0 aliphatic rings. The van der Waals surface area contributed by atoms with Crippen molar-refractivity contribution in [1.29, 1.82) is 0 Å². The fraction of sp³-hybridized carbons (Fsp3) is 1.00. The molecular weight excluding hydrogens is 100 g/mol. The zero-order chi connectivity index (χ0) is 5.41. The summed E-state index contributed by atoms with van der Waals surface area (Å²) in [6, 6.07) is 0. The van der Waals surface area contributed by atoms with Gasteiger partial charge in [-0.25, -0.2) is 0 Å². The molecule has 2 N–H and O–H groups in total. The summed E-state index contributed by atoms with van der Waals surface area (Å²) in [7, 11) is 0. The lowest BCUT2D eigenvalue weighted by molar-refractivity contribution is 0.186. The van der Waals surface area contributed by atoms with Gasteiger partial charge in [0.05, 0.1) is 13.2 Å². The number of hydrogen-bond acceptors (Lipinski definition) is 3. The van der Waals surface area contributed by atoms with Crippen LogP contribution in [-0.2, 0) is 0 Å². The molecular formula is C3H10O2S. The van der Waals surface area contributed by atoms with Gasteiger partial charge < -0.3 is 10.2 Å². The highest BCUT2D eigenvalue weighted by Gasteiger charge is 1.58. The third-order valence-corrected chi connectivity index (χ3v) is 0.1000. The maximum Gasteiger partial charge on any atom is 0.0662 e. The Labute approximate surface area is 43.2 Å². The average molecular weight is 110 g/mol. The van der Waals surface area contributed by atoms with Gasteiger partial charge in [0.15, 0.2) is 0 Å². The highest BCUT2D eigenvalue weighted by molar-refractivity contribution is 7.79. The van der Waals surface area contributed by atoms with Crippen LogP contribution < -0.4 is 0 Å². The molecule has 0 amide bonds. The van der Waals surface area contributed by atoms with E-state index in [1.807, 2.05) is 0 Å². The van der Waals surface area contributed by atoms with Crippen molar-refractivity contribution in [3.05, 3.63) is 0 Å². The standard InChI is InChI=1S/C2H6O2.CH4S/c3-1-2-4;1-2/h3-4H,1-2H2;2H,1H3. The summed E-state index contributed by atoms with van der Waals surface area (Å²) in [5.74, 6) is 0. The number of thiol groups is 1. The van der Waals surface area contributed by atoms with Crippen LogP contribution in [0.25, 0.3) is 0 Å². The second-order valence-corrected chi connectivity index (χ2v) is 0.447. The molecule has 0 fully saturated rings. The lowest BCUT2D eigenvalue weighted by atomic mass is 10.8. The van der Waals surface area contributed by atoms with Crippen molar-refractivity contribution in [2.45, 2.75) is 0 Å². The molecule has 0 spiro atoms. The molecule has 0 aliphatic heterocycles. The second kappa shape index (κ2) is 18.6. The van der Waals surface area contributed by atoms with Crippen LogP contribution in [0.3, 0.4) is 0 Å². The lowest BCUT2D eigenvalue weighted by Gasteiger charge is -1.70. The Hall–Kier alpha value is 0.270. The van der Waals surface area contributed by atoms with Crippen molar-refractivity contribution < 1.29 is 10.2 Å². The highest BCUT2D eigenvalue weighted by atomic mass is 32.1. The van der Waals surface area contributed by atoms with E-state index >= 15 is 0 Å². The van der Waals surface area contributed by atoms with Gasteiger partial charge in [0.2, 0.25) is 0 Å². The fourth-order valence-electron chi connectivity index (χ4n) is 0. The molecule has 0 aromatic heterocycles. The quantitative estimate of drug-likeness (QED) is 0.399. The van der Waals surface area contributed by atoms with Crippen LogP contribution in [0, 0.1) is 0 Å². The summed E-state index contributed by atoms with van der Waals surface area (Å²) >= 11 is 3.53. The number of aliphatic hydroxyl groups excluding tert-OH is 2. The summed E-state index contributed by atoms with van der Waals surface area (Å²) in [5.41, 5.74) is 0. The Kier molecular flexibility index (Phi) is 29.7. The van der Waals surface area contributed by atoms with E-state index in [1.165, 1.54) is 0 Å². The average Bonchev–Trinajstić information content (AvgIpc) is 1.72. The van der Waals surface area contributed by atoms with E-state index < -0.39 is 0 Å². The van der Waals surface area contributed by atoms with Gasteiger partial charge in [-0.1, -0.05) is 0 Å². The van der Waals surface area contributed by atoms with Gasteiger partial charge in [-0.05, 0) is 6.26 Å². The molecule has 0 atom stereocenters. The predicted molar refractivity (Wildman–Crippen MR) is 29.1 cm³/mol. The Morgan fingerprint density at radius 2 is 1.33 bits per heavy atom. The van der Waals surface area contributed by atoms with Crippen LogP contribution in [-0.4, -0.2) is 29.7 Å². The summed E-state index contributed by atoms with van der Waals surface area (Å²) < 4.78 is 0. The molecule has 0 aromatic rings. The zero-order valence-corrected chi connectivity index (χ0v) is 4.65. The van der Waals surface area contributed by atoms with Crippen molar-refractivity contribution >= 4 is 12.6 Å². The van der Waals surface area contributed by atoms with E-state index in [2.05, 4.69) is 12.6 Å². The molecule has 0 bridgehead atoms. The zero-order valence-electron chi connectivity index (χ0n) is 3.76. The molecule has 0 heterocycles. The minimum Gasteiger partial charge on any atom is -0.394 e. The molecule has 2 nitrogen and oxygen atoms in total. The first-order valence-corrected chi connectivity index (χ1v) is 2.47. The summed E-state index contributed by atoms with van der Waals surface area (Å²) in [6.07, 6.45) is 1.69. The number of hydrogen-bond donors (Lipinski definition) is 3. The highest BCUT2D eigenvalue weighted by Crippen LogP contribution is 1.39. The van der Waals surface area contributed by atoms with Gasteiger partial charge in [-0.2, -0.15) is 12.6 Å². The normalized spacial score (nSPS) is 6.00. The minimum atomic E-state index is -0.125. The van der Waals surface area contributed by atoms with Crippen molar-refractivity contribution in [3.8, 4) is 0 Å². The van der Waals surface area contributed by atoms with E-state index in [0.29, 0.717) is 0 Å². The number of rotatable bonds is 1. The molecule has 0 radical (unpaired) electrons. The Morgan fingerprint density at radius 3 is 1.33 bits per heavy atom. The van der Waals surface area contributed by atoms with Gasteiger partial charge >= 0.3 is 0 Å². The van der Waals surface area contributed by atoms with Gasteiger partial charge in [-0.15, -0.1) is 0 Å². The first-order chi connectivity index (χ1) is 2.91. The van der Waals surface area contributed by atoms with Crippen LogP contribution in [0.5, 0.6) is 0 Å². The third kappa shape index (κ3) is 28.3. The number of aliphatic hydroxyl groups is 2. The van der Waals surface area contributed by atoms with E-state index in [1.54, 1.807) is 6.26 Å². The molecule has 40 valence electrons. The smallest absolute Gasteiger partial charge is 0.0662 e. The largest absolute Gasteiger partial charge is 0.394 e. The molecule has 3 heteroatoms. The van der Waals surface area contributed by atoms with Crippen LogP contribution in [0.4, 0.5) is 0 Å². The topological polar surface area (TPSA) is 40.5 Å². The first kappa shape index (κ1) is 9.55. The van der Waals surface area contributed by atoms with E-state index in [9.17, 15) is 0 Å². The fourth-order valence-corrected chi connectivity index (χ4v) is 0. The minimum absolute atomic E-state index is 0.125. The van der Waals surface area contributed by atoms with E-state index in [4.69, 9.17) is 10.2 Å². The van der Waals surface area contributed by atoms with E-state index in [0.717, 1.165) is 0 Å². The Balaban J connectivity index is 0. The molecule has 0 aliphatic carbocycles. The van der Waals surface area contributed by atoms with Crippen LogP contribution in [0.2, 0.25) is 0 Å². The monoisotopic (exact) mass is 110 g/mol. The molecule has 0 aromatic carbocycles. The molecule has 0 saturated carbocycles. The van der Waals surface area contributed by atoms with Crippen LogP contribution in [0.1, 0.15) is 0 Å². The molecule has 0 rings (SSSR count). The molecule has 6 heavy (non-hydrogen) atoms. The SMILES string of the molecule is CS.OCCO. The second-order valence-electron chi connectivity index (χ2n) is 0.447. The van der Waals surface area contributed by atoms with E-state index in [-0.39, 0.29) is 13.2 Å². The summed E-state index contributed by atoms with van der Waals surface area (Å²) in [5, 5.41) is 15.2. The Morgan fingerprint density at radius 1 is 1.17 bits per heavy atom. The summed E-state index contributed by atoms with van der Waals surface area (Å²) in [6.45, 7) is -0.250. The summed E-state index contributed by atoms with van der Waals surface area (Å²) in [4.78, 5) is 0. The van der Waals surface area contributed by atoms with Crippen molar-refractivity contribution in [2.75, 3.05) is 19.5 Å². The maximum atomic E-state index is 7.62. The van der Waals surface area contributed by atoms with Crippen molar-refractivity contribution in [2.24, 2.45) is 0 Å². The maximum absolute atomic E-state index is 7.62. The lowest BCUT2D eigenvalue weighted by Crippen LogP contribution is -1.85. The molecule has 0 unspecified atom stereocenters. The van der Waals surface area contributed by atoms with Gasteiger partial charge in [0, 0.05) is 0 Å².